The molecule has 0 bridgehead atoms. The normalized spacial score (nSPS) is 11.9. The first-order valence-corrected chi connectivity index (χ1v) is 9.91. The van der Waals surface area contributed by atoms with Crippen molar-refractivity contribution in [2.75, 3.05) is 12.4 Å². The molecule has 0 fully saturated rings. The monoisotopic (exact) mass is 493 g/mol. The Kier molecular flexibility index (Phi) is 8.36. The van der Waals surface area contributed by atoms with Crippen molar-refractivity contribution in [1.29, 1.82) is 0 Å². The Balaban J connectivity index is 2.04. The van der Waals surface area contributed by atoms with E-state index in [0.29, 0.717) is 21.8 Å². The maximum Gasteiger partial charge on any atom is 0.337 e. The molecule has 6 nitrogen and oxygen atoms in total. The van der Waals surface area contributed by atoms with Gasteiger partial charge in [-0.15, -0.1) is 0 Å². The molecular formula is C18H15Cl4N3O3S. The zero-order chi connectivity index (χ0) is 21.6. The molecule has 0 saturated carbocycles. The van der Waals surface area contributed by atoms with Crippen LogP contribution in [0.25, 0.3) is 0 Å². The lowest BCUT2D eigenvalue weighted by Gasteiger charge is -2.27. The minimum Gasteiger partial charge on any atom is -0.465 e. The SMILES string of the molecule is COC(=O)c1ccc(NC(=S)N[C@H](NC(=O)c2ccc(Cl)cc2)C(Cl)(Cl)Cl)cc1. The van der Waals surface area contributed by atoms with E-state index in [2.05, 4.69) is 20.7 Å². The molecule has 29 heavy (non-hydrogen) atoms. The van der Waals surface area contributed by atoms with Crippen molar-refractivity contribution in [3.05, 3.63) is 64.7 Å². The maximum absolute atomic E-state index is 12.4. The number of hydrogen-bond acceptors (Lipinski definition) is 4. The van der Waals surface area contributed by atoms with Gasteiger partial charge in [-0.1, -0.05) is 46.4 Å². The molecule has 0 aliphatic rings. The van der Waals surface area contributed by atoms with Gasteiger partial charge >= 0.3 is 5.97 Å². The molecule has 11 heteroatoms. The number of amides is 1. The summed E-state index contributed by atoms with van der Waals surface area (Å²) in [7, 11) is 1.29. The Labute approximate surface area is 192 Å². The third-order valence-electron chi connectivity index (χ3n) is 3.55. The number of anilines is 1. The molecular weight excluding hydrogens is 480 g/mol. The molecule has 2 aromatic carbocycles. The van der Waals surface area contributed by atoms with Gasteiger partial charge in [-0.2, -0.15) is 0 Å². The predicted octanol–water partition coefficient (Wildman–Crippen LogP) is 4.54. The number of thiocarbonyl (C=S) groups is 1. The van der Waals surface area contributed by atoms with Crippen LogP contribution in [0.5, 0.6) is 0 Å². The van der Waals surface area contributed by atoms with Crippen molar-refractivity contribution in [2.24, 2.45) is 0 Å². The van der Waals surface area contributed by atoms with Crippen LogP contribution in [0.15, 0.2) is 48.5 Å². The molecule has 0 unspecified atom stereocenters. The van der Waals surface area contributed by atoms with Crippen molar-refractivity contribution in [1.82, 2.24) is 10.6 Å². The number of ether oxygens (including phenoxy) is 1. The zero-order valence-electron chi connectivity index (χ0n) is 14.8. The largest absolute Gasteiger partial charge is 0.465 e. The molecule has 0 aliphatic heterocycles. The van der Waals surface area contributed by atoms with Gasteiger partial charge < -0.3 is 20.7 Å². The fourth-order valence-electron chi connectivity index (χ4n) is 2.12. The van der Waals surface area contributed by atoms with Crippen molar-refractivity contribution in [3.63, 3.8) is 0 Å². The third kappa shape index (κ3) is 7.21. The second-order valence-electron chi connectivity index (χ2n) is 5.62. The van der Waals surface area contributed by atoms with Gasteiger partial charge in [-0.05, 0) is 60.7 Å². The van der Waals surface area contributed by atoms with Crippen molar-refractivity contribution in [2.45, 2.75) is 9.96 Å². The van der Waals surface area contributed by atoms with Gasteiger partial charge in [0.05, 0.1) is 12.7 Å². The number of carbonyl (C=O) groups excluding carboxylic acids is 2. The lowest BCUT2D eigenvalue weighted by Crippen LogP contribution is -2.56. The summed E-state index contributed by atoms with van der Waals surface area (Å²) in [5.74, 6) is -0.950. The summed E-state index contributed by atoms with van der Waals surface area (Å²) in [5, 5.41) is 8.75. The fourth-order valence-corrected chi connectivity index (χ4v) is 2.81. The second-order valence-corrected chi connectivity index (χ2v) is 8.84. The Morgan fingerprint density at radius 2 is 1.52 bits per heavy atom. The summed E-state index contributed by atoms with van der Waals surface area (Å²) in [6.45, 7) is 0. The van der Waals surface area contributed by atoms with E-state index in [1.807, 2.05) is 0 Å². The molecule has 3 N–H and O–H groups in total. The number of hydrogen-bond donors (Lipinski definition) is 3. The third-order valence-corrected chi connectivity index (χ3v) is 4.68. The van der Waals surface area contributed by atoms with E-state index < -0.39 is 21.8 Å². The topological polar surface area (TPSA) is 79.5 Å². The Bertz CT molecular complexity index is 887. The number of halogens is 4. The number of nitrogens with one attached hydrogen (secondary N) is 3. The molecule has 154 valence electrons. The van der Waals surface area contributed by atoms with E-state index in [-0.39, 0.29) is 5.11 Å². The summed E-state index contributed by atoms with van der Waals surface area (Å²) >= 11 is 28.9. The van der Waals surface area contributed by atoms with Gasteiger partial charge in [-0.25, -0.2) is 4.79 Å². The molecule has 0 aliphatic carbocycles. The minimum absolute atomic E-state index is 0.0866. The van der Waals surface area contributed by atoms with Crippen LogP contribution in [0.3, 0.4) is 0 Å². The Morgan fingerprint density at radius 1 is 0.966 bits per heavy atom. The maximum atomic E-state index is 12.4. The second kappa shape index (κ2) is 10.3. The number of alkyl halides is 3. The standard InChI is InChI=1S/C18H15Cl4N3O3S/c1-28-15(27)11-4-8-13(9-5-11)23-17(29)25-16(18(20,21)22)24-14(26)10-2-6-12(19)7-3-10/h2-9,16H,1H3,(H,24,26)(H2,23,25,29)/t16-/m0/s1. The van der Waals surface area contributed by atoms with E-state index in [9.17, 15) is 9.59 Å². The van der Waals surface area contributed by atoms with E-state index in [1.54, 1.807) is 36.4 Å². The highest BCUT2D eigenvalue weighted by molar-refractivity contribution is 7.80. The number of carbonyl (C=O) groups is 2. The minimum atomic E-state index is -1.90. The van der Waals surface area contributed by atoms with Gasteiger partial charge in [0.1, 0.15) is 6.17 Å². The van der Waals surface area contributed by atoms with E-state index in [1.165, 1.54) is 19.2 Å². The smallest absolute Gasteiger partial charge is 0.337 e. The predicted molar refractivity (Wildman–Crippen MR) is 120 cm³/mol. The summed E-state index contributed by atoms with van der Waals surface area (Å²) in [6.07, 6.45) is -1.13. The van der Waals surface area contributed by atoms with Crippen LogP contribution in [-0.2, 0) is 4.74 Å². The molecule has 0 heterocycles. The lowest BCUT2D eigenvalue weighted by molar-refractivity contribution is 0.0600. The quantitative estimate of drug-likeness (QED) is 0.245. The van der Waals surface area contributed by atoms with Crippen LogP contribution in [0, 0.1) is 0 Å². The van der Waals surface area contributed by atoms with Crippen LogP contribution in [-0.4, -0.2) is 34.1 Å². The van der Waals surface area contributed by atoms with E-state index >= 15 is 0 Å². The molecule has 2 aromatic rings. The van der Waals surface area contributed by atoms with Gasteiger partial charge in [0.15, 0.2) is 5.11 Å². The summed E-state index contributed by atoms with van der Waals surface area (Å²) < 4.78 is 2.74. The molecule has 1 amide bonds. The number of benzene rings is 2. The van der Waals surface area contributed by atoms with Crippen LogP contribution < -0.4 is 16.0 Å². The first-order valence-electron chi connectivity index (χ1n) is 7.99. The summed E-state index contributed by atoms with van der Waals surface area (Å²) in [5.41, 5.74) is 1.28. The van der Waals surface area contributed by atoms with Crippen molar-refractivity contribution >= 4 is 81.3 Å². The zero-order valence-corrected chi connectivity index (χ0v) is 18.7. The first kappa shape index (κ1) is 23.5. The van der Waals surface area contributed by atoms with Gasteiger partial charge in [-0.3, -0.25) is 4.79 Å². The molecule has 1 atom stereocenters. The summed E-state index contributed by atoms with van der Waals surface area (Å²) in [6, 6.07) is 12.6. The lowest BCUT2D eigenvalue weighted by atomic mass is 10.2. The number of methoxy groups -OCH3 is 1. The van der Waals surface area contributed by atoms with Crippen LogP contribution >= 0.6 is 58.6 Å². The Morgan fingerprint density at radius 3 is 2.03 bits per heavy atom. The highest BCUT2D eigenvalue weighted by atomic mass is 35.6. The Hall–Kier alpha value is -1.77. The van der Waals surface area contributed by atoms with Gasteiger partial charge in [0.2, 0.25) is 3.79 Å². The van der Waals surface area contributed by atoms with Crippen molar-refractivity contribution < 1.29 is 14.3 Å². The number of rotatable bonds is 5. The van der Waals surface area contributed by atoms with Crippen LogP contribution in [0.4, 0.5) is 5.69 Å². The highest BCUT2D eigenvalue weighted by Crippen LogP contribution is 2.29. The molecule has 0 radical (unpaired) electrons. The molecule has 0 saturated heterocycles. The first-order chi connectivity index (χ1) is 13.6. The van der Waals surface area contributed by atoms with Gasteiger partial charge in [0, 0.05) is 16.3 Å². The average Bonchev–Trinajstić information content (AvgIpc) is 2.67. The molecule has 0 aromatic heterocycles. The van der Waals surface area contributed by atoms with Crippen molar-refractivity contribution in [3.8, 4) is 0 Å². The van der Waals surface area contributed by atoms with Crippen LogP contribution in [0.1, 0.15) is 20.7 Å². The van der Waals surface area contributed by atoms with Crippen LogP contribution in [0.2, 0.25) is 5.02 Å². The number of esters is 1. The highest BCUT2D eigenvalue weighted by Gasteiger charge is 2.34. The average molecular weight is 495 g/mol. The van der Waals surface area contributed by atoms with E-state index in [0.717, 1.165) is 0 Å². The summed E-state index contributed by atoms with van der Waals surface area (Å²) in [4.78, 5) is 23.9. The molecule has 0 spiro atoms. The molecule has 2 rings (SSSR count). The van der Waals surface area contributed by atoms with E-state index in [4.69, 9.17) is 58.6 Å². The van der Waals surface area contributed by atoms with Gasteiger partial charge in [0.25, 0.3) is 5.91 Å². The fraction of sp³-hybridized carbons (Fsp3) is 0.167.